The van der Waals surface area contributed by atoms with Gasteiger partial charge in [0.05, 0.1) is 0 Å². The van der Waals surface area contributed by atoms with Gasteiger partial charge in [-0.05, 0) is 32.2 Å². The number of carbonyl (C=O) groups excluding carboxylic acids is 1. The van der Waals surface area contributed by atoms with E-state index in [-0.39, 0.29) is 11.9 Å². The summed E-state index contributed by atoms with van der Waals surface area (Å²) in [5.74, 6) is -0.00162. The zero-order chi connectivity index (χ0) is 13.1. The molecule has 1 aromatic carbocycles. The summed E-state index contributed by atoms with van der Waals surface area (Å²) < 4.78 is 0. The van der Waals surface area contributed by atoms with Gasteiger partial charge in [-0.25, -0.2) is 0 Å². The number of pyridine rings is 1. The second kappa shape index (κ2) is 5.17. The molecule has 0 aliphatic carbocycles. The monoisotopic (exact) mass is 242 g/mol. The lowest BCUT2D eigenvalue weighted by atomic mass is 10.1. The number of fused-ring (bicyclic) bond motifs is 1. The van der Waals surface area contributed by atoms with Crippen molar-refractivity contribution in [3.05, 3.63) is 42.2 Å². The summed E-state index contributed by atoms with van der Waals surface area (Å²) in [4.78, 5) is 18.4. The first-order valence-corrected chi connectivity index (χ1v) is 6.29. The molecule has 0 aliphatic rings. The molecule has 0 N–H and O–H groups in total. The van der Waals surface area contributed by atoms with Crippen LogP contribution in [0.4, 0.5) is 0 Å². The molecule has 0 atom stereocenters. The van der Waals surface area contributed by atoms with E-state index in [2.05, 4.69) is 4.98 Å². The Balaban J connectivity index is 2.38. The van der Waals surface area contributed by atoms with Gasteiger partial charge in [-0.1, -0.05) is 24.3 Å². The van der Waals surface area contributed by atoms with E-state index in [0.29, 0.717) is 12.2 Å². The van der Waals surface area contributed by atoms with E-state index in [0.717, 1.165) is 10.8 Å². The number of amides is 1. The fourth-order valence-electron chi connectivity index (χ4n) is 2.09. The summed E-state index contributed by atoms with van der Waals surface area (Å²) in [6.07, 6.45) is 1.76. The molecular formula is C15H18N2O. The number of benzene rings is 1. The van der Waals surface area contributed by atoms with Crippen molar-refractivity contribution in [3.63, 3.8) is 0 Å². The highest BCUT2D eigenvalue weighted by atomic mass is 16.2. The molecule has 0 bridgehead atoms. The summed E-state index contributed by atoms with van der Waals surface area (Å²) in [6.45, 7) is 6.72. The molecule has 0 saturated heterocycles. The Morgan fingerprint density at radius 1 is 1.28 bits per heavy atom. The normalized spacial score (nSPS) is 10.9. The van der Waals surface area contributed by atoms with E-state index in [4.69, 9.17) is 0 Å². The minimum atomic E-state index is -0.00162. The van der Waals surface area contributed by atoms with Crippen LogP contribution in [0, 0.1) is 0 Å². The molecule has 0 aliphatic heterocycles. The number of rotatable bonds is 3. The van der Waals surface area contributed by atoms with E-state index in [1.54, 1.807) is 6.20 Å². The van der Waals surface area contributed by atoms with Crippen LogP contribution in [0.5, 0.6) is 0 Å². The van der Waals surface area contributed by atoms with Crippen LogP contribution in [-0.4, -0.2) is 28.4 Å². The maximum absolute atomic E-state index is 12.3. The van der Waals surface area contributed by atoms with Gasteiger partial charge in [-0.15, -0.1) is 0 Å². The lowest BCUT2D eigenvalue weighted by Gasteiger charge is -2.24. The Kier molecular flexibility index (Phi) is 3.60. The molecule has 18 heavy (non-hydrogen) atoms. The summed E-state index contributed by atoms with van der Waals surface area (Å²) in [7, 11) is 0. The largest absolute Gasteiger partial charge is 0.335 e. The van der Waals surface area contributed by atoms with Crippen molar-refractivity contribution < 1.29 is 4.79 Å². The van der Waals surface area contributed by atoms with Crippen molar-refractivity contribution in [3.8, 4) is 0 Å². The Morgan fingerprint density at radius 3 is 2.56 bits per heavy atom. The first kappa shape index (κ1) is 12.6. The molecule has 3 nitrogen and oxygen atoms in total. The van der Waals surface area contributed by atoms with Crippen LogP contribution in [0.25, 0.3) is 10.8 Å². The van der Waals surface area contributed by atoms with Gasteiger partial charge in [0, 0.05) is 24.2 Å². The number of aromatic nitrogens is 1. The van der Waals surface area contributed by atoms with Gasteiger partial charge in [-0.2, -0.15) is 0 Å². The first-order chi connectivity index (χ1) is 8.63. The van der Waals surface area contributed by atoms with Crippen molar-refractivity contribution >= 4 is 16.7 Å². The number of hydrogen-bond acceptors (Lipinski definition) is 2. The van der Waals surface area contributed by atoms with Crippen molar-refractivity contribution in [2.45, 2.75) is 26.8 Å². The minimum Gasteiger partial charge on any atom is -0.335 e. The second-order valence-electron chi connectivity index (χ2n) is 4.60. The molecule has 0 spiro atoms. The maximum Gasteiger partial charge on any atom is 0.272 e. The summed E-state index contributed by atoms with van der Waals surface area (Å²) >= 11 is 0. The molecule has 0 radical (unpaired) electrons. The smallest absolute Gasteiger partial charge is 0.272 e. The lowest BCUT2D eigenvalue weighted by molar-refractivity contribution is 0.0711. The average molecular weight is 242 g/mol. The molecule has 0 fully saturated rings. The third-order valence-corrected chi connectivity index (χ3v) is 3.07. The van der Waals surface area contributed by atoms with E-state index in [9.17, 15) is 4.79 Å². The lowest BCUT2D eigenvalue weighted by Crippen LogP contribution is -2.37. The van der Waals surface area contributed by atoms with Gasteiger partial charge in [0.2, 0.25) is 0 Å². The Morgan fingerprint density at radius 2 is 1.94 bits per heavy atom. The van der Waals surface area contributed by atoms with E-state index >= 15 is 0 Å². The maximum atomic E-state index is 12.3. The topological polar surface area (TPSA) is 33.2 Å². The van der Waals surface area contributed by atoms with E-state index in [1.165, 1.54) is 0 Å². The van der Waals surface area contributed by atoms with Crippen molar-refractivity contribution in [2.75, 3.05) is 6.54 Å². The summed E-state index contributed by atoms with van der Waals surface area (Å²) in [5, 5.41) is 2.11. The molecule has 2 rings (SSSR count). The summed E-state index contributed by atoms with van der Waals surface area (Å²) in [6, 6.07) is 9.99. The Bertz CT molecular complexity index is 563. The molecular weight excluding hydrogens is 224 g/mol. The highest BCUT2D eigenvalue weighted by Gasteiger charge is 2.18. The van der Waals surface area contributed by atoms with Gasteiger partial charge in [0.15, 0.2) is 0 Å². The van der Waals surface area contributed by atoms with Crippen molar-refractivity contribution in [2.24, 2.45) is 0 Å². The SMILES string of the molecule is CCN(C(=O)c1cc2ccccc2cn1)C(C)C. The number of hydrogen-bond donors (Lipinski definition) is 0. The van der Waals surface area contributed by atoms with Crippen molar-refractivity contribution in [1.82, 2.24) is 9.88 Å². The highest BCUT2D eigenvalue weighted by molar-refractivity contribution is 5.96. The quantitative estimate of drug-likeness (QED) is 0.828. The third-order valence-electron chi connectivity index (χ3n) is 3.07. The fourth-order valence-corrected chi connectivity index (χ4v) is 2.09. The number of carbonyl (C=O) groups is 1. The molecule has 0 saturated carbocycles. The molecule has 1 heterocycles. The minimum absolute atomic E-state index is 0.00162. The zero-order valence-corrected chi connectivity index (χ0v) is 11.1. The van der Waals surface area contributed by atoms with Crippen LogP contribution in [0.2, 0.25) is 0 Å². The van der Waals surface area contributed by atoms with Crippen LogP contribution in [0.15, 0.2) is 36.5 Å². The third kappa shape index (κ3) is 2.35. The number of nitrogens with zero attached hydrogens (tertiary/aromatic N) is 2. The van der Waals surface area contributed by atoms with Crippen LogP contribution in [0.3, 0.4) is 0 Å². The molecule has 1 amide bonds. The highest BCUT2D eigenvalue weighted by Crippen LogP contribution is 2.15. The Hall–Kier alpha value is -1.90. The zero-order valence-electron chi connectivity index (χ0n) is 11.1. The standard InChI is InChI=1S/C15H18N2O/c1-4-17(11(2)3)15(18)14-9-12-7-5-6-8-13(12)10-16-14/h5-11H,4H2,1-3H3. The molecule has 3 heteroatoms. The van der Waals surface area contributed by atoms with Gasteiger partial charge in [-0.3, -0.25) is 9.78 Å². The molecule has 1 aromatic heterocycles. The molecule has 94 valence electrons. The average Bonchev–Trinajstić information content (AvgIpc) is 2.38. The van der Waals surface area contributed by atoms with Gasteiger partial charge >= 0.3 is 0 Å². The van der Waals surface area contributed by atoms with Crippen LogP contribution in [0.1, 0.15) is 31.3 Å². The molecule has 0 unspecified atom stereocenters. The molecule has 2 aromatic rings. The second-order valence-corrected chi connectivity index (χ2v) is 4.60. The van der Waals surface area contributed by atoms with E-state index in [1.807, 2.05) is 56.0 Å². The Labute approximate surface area is 107 Å². The van der Waals surface area contributed by atoms with Crippen molar-refractivity contribution in [1.29, 1.82) is 0 Å². The van der Waals surface area contributed by atoms with E-state index < -0.39 is 0 Å². The first-order valence-electron chi connectivity index (χ1n) is 6.29. The van der Waals surface area contributed by atoms with Crippen LogP contribution in [-0.2, 0) is 0 Å². The fraction of sp³-hybridized carbons (Fsp3) is 0.333. The van der Waals surface area contributed by atoms with Gasteiger partial charge in [0.25, 0.3) is 5.91 Å². The van der Waals surface area contributed by atoms with Crippen LogP contribution < -0.4 is 0 Å². The van der Waals surface area contributed by atoms with Crippen LogP contribution >= 0.6 is 0 Å². The van der Waals surface area contributed by atoms with Gasteiger partial charge in [0.1, 0.15) is 5.69 Å². The summed E-state index contributed by atoms with van der Waals surface area (Å²) in [5.41, 5.74) is 0.518. The predicted molar refractivity (Wildman–Crippen MR) is 73.6 cm³/mol. The van der Waals surface area contributed by atoms with Gasteiger partial charge < -0.3 is 4.90 Å². The predicted octanol–water partition coefficient (Wildman–Crippen LogP) is 3.11.